The smallest absolute Gasteiger partial charge is 0.393 e. The topological polar surface area (TPSA) is 64.3 Å². The van der Waals surface area contributed by atoms with Gasteiger partial charge < -0.3 is 15.6 Å². The Hall–Kier alpha value is -2.34. The van der Waals surface area contributed by atoms with Crippen LogP contribution in [-0.4, -0.2) is 46.7 Å². The Morgan fingerprint density at radius 3 is 2.22 bits per heavy atom. The summed E-state index contributed by atoms with van der Waals surface area (Å²) in [5.41, 5.74) is -5.96. The van der Waals surface area contributed by atoms with E-state index in [2.05, 4.69) is 6.58 Å². The van der Waals surface area contributed by atoms with Crippen LogP contribution in [0.2, 0.25) is 0 Å². The molecule has 12 heteroatoms. The van der Waals surface area contributed by atoms with Gasteiger partial charge in [0.05, 0.1) is 17.9 Å². The molecule has 0 radical (unpaired) electrons. The molecule has 0 saturated heterocycles. The molecular weight excluding hydrogens is 565 g/mol. The summed E-state index contributed by atoms with van der Waals surface area (Å²) in [5, 5.41) is 27.4. The molecule has 3 N–H and O–H groups in total. The van der Waals surface area contributed by atoms with Crippen molar-refractivity contribution in [2.75, 3.05) is 0 Å². The molecule has 230 valence electrons. The minimum atomic E-state index is -6.81. The molecule has 2 fully saturated rings. The van der Waals surface area contributed by atoms with E-state index in [9.17, 15) is 49.7 Å². The van der Waals surface area contributed by atoms with Crippen LogP contribution in [0.15, 0.2) is 59.3 Å². The molecule has 0 unspecified atom stereocenters. The van der Waals surface area contributed by atoms with Gasteiger partial charge in [-0.2, -0.15) is 39.5 Å². The maximum Gasteiger partial charge on any atom is 0.417 e. The van der Waals surface area contributed by atoms with Crippen LogP contribution in [0.25, 0.3) is 0 Å². The number of alkyl halides is 9. The summed E-state index contributed by atoms with van der Waals surface area (Å²) >= 11 is 0. The van der Waals surface area contributed by atoms with Crippen LogP contribution in [0, 0.1) is 28.1 Å². The summed E-state index contributed by atoms with van der Waals surface area (Å²) < 4.78 is 120. The second-order valence-corrected chi connectivity index (χ2v) is 11.5. The van der Waals surface area contributed by atoms with Gasteiger partial charge in [-0.3, -0.25) is 0 Å². The van der Waals surface area contributed by atoms with Gasteiger partial charge in [-0.1, -0.05) is 55.9 Å². The van der Waals surface area contributed by atoms with E-state index in [0.29, 0.717) is 18.4 Å². The highest BCUT2D eigenvalue weighted by atomic mass is 19.4. The second-order valence-electron chi connectivity index (χ2n) is 11.5. The molecule has 5 atom stereocenters. The number of aliphatic hydroxyl groups excluding tert-OH is 2. The van der Waals surface area contributed by atoms with Crippen LogP contribution in [0.3, 0.4) is 0 Å². The fraction of sp³-hybridized carbons (Fsp3) is 0.621. The molecule has 0 aromatic carbocycles. The molecule has 3 aliphatic carbocycles. The Labute approximate surface area is 232 Å². The number of hydrogen-bond donors (Lipinski definition) is 3. The van der Waals surface area contributed by atoms with Crippen molar-refractivity contribution in [2.45, 2.75) is 89.5 Å². The molecule has 0 bridgehead atoms. The first-order valence-electron chi connectivity index (χ1n) is 13.3. The minimum Gasteiger partial charge on any atom is -0.393 e. The van der Waals surface area contributed by atoms with Gasteiger partial charge in [-0.25, -0.2) is 0 Å². The highest BCUT2D eigenvalue weighted by Crippen LogP contribution is 2.60. The molecule has 0 heterocycles. The number of rotatable bonds is 6. The summed E-state index contributed by atoms with van der Waals surface area (Å²) in [5.74, 6) is -0.347. The van der Waals surface area contributed by atoms with Crippen LogP contribution in [0.4, 0.5) is 39.5 Å². The standard InChI is InChI=1S/C29H34F9NO2/c1-16(6-4-8-24(39)26(27(30,31)32,28(33,34)35)29(36,37)38)21-11-12-22-18(7-5-13-25(21,22)3)9-10-19-14-20(40)15-23(41)17(19)2/h4,8-11,16,20,22-23,39-41H,2,5-7,12-15H2,1,3H3/b8-4+,18-9+,19-10-,39-24?/t16-,20-,22+,23+,25-/m1/s1. The summed E-state index contributed by atoms with van der Waals surface area (Å²) in [7, 11) is 0. The number of hydrogen-bond acceptors (Lipinski definition) is 3. The summed E-state index contributed by atoms with van der Waals surface area (Å²) in [6.45, 7) is 7.63. The molecule has 3 nitrogen and oxygen atoms in total. The largest absolute Gasteiger partial charge is 0.417 e. The van der Waals surface area contributed by atoms with E-state index in [1.54, 1.807) is 6.92 Å². The Morgan fingerprint density at radius 2 is 1.66 bits per heavy atom. The highest BCUT2D eigenvalue weighted by Gasteiger charge is 2.85. The zero-order valence-corrected chi connectivity index (χ0v) is 22.6. The third-order valence-corrected chi connectivity index (χ3v) is 8.86. The fourth-order valence-corrected chi connectivity index (χ4v) is 6.66. The number of aliphatic hydroxyl groups is 2. The number of halogens is 9. The van der Waals surface area contributed by atoms with Gasteiger partial charge in [0.2, 0.25) is 0 Å². The van der Waals surface area contributed by atoms with E-state index in [4.69, 9.17) is 5.41 Å². The lowest BCUT2D eigenvalue weighted by molar-refractivity contribution is -0.397. The molecule has 0 aliphatic heterocycles. The van der Waals surface area contributed by atoms with Crippen molar-refractivity contribution in [1.29, 1.82) is 5.41 Å². The molecular formula is C29H34F9NO2. The van der Waals surface area contributed by atoms with Crippen molar-refractivity contribution in [1.82, 2.24) is 0 Å². The third kappa shape index (κ3) is 5.96. The van der Waals surface area contributed by atoms with Crippen molar-refractivity contribution in [2.24, 2.45) is 22.7 Å². The second kappa shape index (κ2) is 11.4. The van der Waals surface area contributed by atoms with Gasteiger partial charge in [0.15, 0.2) is 0 Å². The van der Waals surface area contributed by atoms with E-state index in [1.165, 1.54) is 0 Å². The van der Waals surface area contributed by atoms with E-state index in [1.807, 2.05) is 25.2 Å². The third-order valence-electron chi connectivity index (χ3n) is 8.86. The Kier molecular flexibility index (Phi) is 9.21. The summed E-state index contributed by atoms with van der Waals surface area (Å²) in [4.78, 5) is 0. The van der Waals surface area contributed by atoms with Crippen LogP contribution in [0.5, 0.6) is 0 Å². The number of nitrogens with one attached hydrogen (secondary N) is 1. The average molecular weight is 600 g/mol. The SMILES string of the molecule is C=C1/C(=C\C=C2/CCC[C@]3(C)C([C@H](C)C/C=C/C(=N)C(C(F)(F)F)(C(F)(F)F)C(F)(F)F)=CC[C@@H]23)C[C@@H](O)C[C@@H]1O. The Morgan fingerprint density at radius 1 is 1.07 bits per heavy atom. The zero-order chi connectivity index (χ0) is 31.2. The van der Waals surface area contributed by atoms with E-state index < -0.39 is 47.8 Å². The summed E-state index contributed by atoms with van der Waals surface area (Å²) in [6.07, 6.45) is -12.0. The predicted octanol–water partition coefficient (Wildman–Crippen LogP) is 8.32. The maximum atomic E-state index is 13.3. The number of allylic oxidation sites excluding steroid dienone is 7. The first-order chi connectivity index (χ1) is 18.7. The van der Waals surface area contributed by atoms with Crippen LogP contribution in [0.1, 0.15) is 58.8 Å². The fourth-order valence-electron chi connectivity index (χ4n) is 6.66. The Bertz CT molecular complexity index is 1120. The van der Waals surface area contributed by atoms with Gasteiger partial charge in [0.1, 0.15) is 0 Å². The molecule has 0 aromatic heterocycles. The van der Waals surface area contributed by atoms with Gasteiger partial charge in [-0.05, 0) is 73.0 Å². The normalized spacial score (nSPS) is 31.1. The van der Waals surface area contributed by atoms with Crippen LogP contribution < -0.4 is 0 Å². The molecule has 41 heavy (non-hydrogen) atoms. The van der Waals surface area contributed by atoms with Crippen LogP contribution >= 0.6 is 0 Å². The number of fused-ring (bicyclic) bond motifs is 1. The molecule has 0 spiro atoms. The van der Waals surface area contributed by atoms with Crippen molar-refractivity contribution >= 4 is 5.71 Å². The zero-order valence-electron chi connectivity index (χ0n) is 22.6. The minimum absolute atomic E-state index is 0.0292. The van der Waals surface area contributed by atoms with Gasteiger partial charge >= 0.3 is 18.5 Å². The molecule has 3 aliphatic rings. The van der Waals surface area contributed by atoms with Gasteiger partial charge in [0.25, 0.3) is 5.41 Å². The molecule has 0 aromatic rings. The Balaban J connectivity index is 1.79. The highest BCUT2D eigenvalue weighted by molar-refractivity contribution is 5.99. The van der Waals surface area contributed by atoms with E-state index in [0.717, 1.165) is 42.1 Å². The van der Waals surface area contributed by atoms with Gasteiger partial charge in [-0.15, -0.1) is 0 Å². The average Bonchev–Trinajstić information content (AvgIpc) is 3.15. The molecule has 2 saturated carbocycles. The van der Waals surface area contributed by atoms with E-state index >= 15 is 0 Å². The lowest BCUT2D eigenvalue weighted by Crippen LogP contribution is -2.63. The lowest BCUT2D eigenvalue weighted by Gasteiger charge is -2.42. The van der Waals surface area contributed by atoms with E-state index in [-0.39, 0.29) is 30.3 Å². The quantitative estimate of drug-likeness (QED) is 0.163. The van der Waals surface area contributed by atoms with Crippen molar-refractivity contribution in [3.63, 3.8) is 0 Å². The maximum absolute atomic E-state index is 13.3. The summed E-state index contributed by atoms with van der Waals surface area (Å²) in [6, 6.07) is 0. The van der Waals surface area contributed by atoms with Crippen LogP contribution in [-0.2, 0) is 0 Å². The molecule has 3 rings (SSSR count). The van der Waals surface area contributed by atoms with Gasteiger partial charge in [0, 0.05) is 6.42 Å². The van der Waals surface area contributed by atoms with Crippen molar-refractivity contribution in [3.05, 3.63) is 59.3 Å². The predicted molar refractivity (Wildman–Crippen MR) is 136 cm³/mol. The molecule has 0 amide bonds. The monoisotopic (exact) mass is 599 g/mol. The lowest BCUT2D eigenvalue weighted by atomic mass is 9.62. The van der Waals surface area contributed by atoms with Crippen molar-refractivity contribution < 1.29 is 49.7 Å². The first-order valence-corrected chi connectivity index (χ1v) is 13.3. The van der Waals surface area contributed by atoms with Crippen molar-refractivity contribution in [3.8, 4) is 0 Å². The first kappa shape index (κ1) is 33.2.